The van der Waals surface area contributed by atoms with Crippen LogP contribution in [-0.2, 0) is 5.33 Å². The molecule has 14 heavy (non-hydrogen) atoms. The molecule has 0 amide bonds. The van der Waals surface area contributed by atoms with Gasteiger partial charge in [0.05, 0.1) is 17.2 Å². The standard InChI is InChI=1S/C10H8BrNO2/c1-6-2-7(5-12)9(4-11)8(3-6)10(13)14/h2-3H,4H2,1H3,(H,13,14). The highest BCUT2D eigenvalue weighted by atomic mass is 79.9. The van der Waals surface area contributed by atoms with Gasteiger partial charge in [0.2, 0.25) is 0 Å². The Bertz CT molecular complexity index is 421. The maximum atomic E-state index is 10.9. The summed E-state index contributed by atoms with van der Waals surface area (Å²) >= 11 is 3.18. The molecular weight excluding hydrogens is 246 g/mol. The largest absolute Gasteiger partial charge is 0.478 e. The van der Waals surface area contributed by atoms with Gasteiger partial charge in [0.25, 0.3) is 0 Å². The van der Waals surface area contributed by atoms with E-state index < -0.39 is 5.97 Å². The van der Waals surface area contributed by atoms with Crippen molar-refractivity contribution in [3.63, 3.8) is 0 Å². The van der Waals surface area contributed by atoms with Crippen LogP contribution in [0.1, 0.15) is 27.0 Å². The SMILES string of the molecule is Cc1cc(C#N)c(CBr)c(C(=O)O)c1. The van der Waals surface area contributed by atoms with Gasteiger partial charge >= 0.3 is 5.97 Å². The molecular formula is C10H8BrNO2. The number of halogens is 1. The Labute approximate surface area is 90.1 Å². The number of nitriles is 1. The molecule has 0 aliphatic heterocycles. The minimum Gasteiger partial charge on any atom is -0.478 e. The second-order valence-electron chi connectivity index (χ2n) is 2.89. The molecule has 0 aromatic heterocycles. The molecule has 0 saturated heterocycles. The Morgan fingerprint density at radius 3 is 2.71 bits per heavy atom. The van der Waals surface area contributed by atoms with Crippen molar-refractivity contribution in [2.45, 2.75) is 12.3 Å². The summed E-state index contributed by atoms with van der Waals surface area (Å²) in [7, 11) is 0. The van der Waals surface area contributed by atoms with Crippen LogP contribution in [0.2, 0.25) is 0 Å². The number of carbonyl (C=O) groups is 1. The summed E-state index contributed by atoms with van der Waals surface area (Å²) in [6.45, 7) is 1.77. The first-order chi connectivity index (χ1) is 6.60. The van der Waals surface area contributed by atoms with Crippen LogP contribution in [0.25, 0.3) is 0 Å². The third-order valence-electron chi connectivity index (χ3n) is 1.88. The zero-order chi connectivity index (χ0) is 10.7. The van der Waals surface area contributed by atoms with Gasteiger partial charge in [-0.05, 0) is 30.2 Å². The lowest BCUT2D eigenvalue weighted by atomic mass is 10.00. The Kier molecular flexibility index (Phi) is 3.26. The van der Waals surface area contributed by atoms with Gasteiger partial charge in [-0.15, -0.1) is 0 Å². The van der Waals surface area contributed by atoms with Crippen LogP contribution in [0.4, 0.5) is 0 Å². The third-order valence-corrected chi connectivity index (χ3v) is 2.44. The molecule has 0 bridgehead atoms. The van der Waals surface area contributed by atoms with E-state index in [9.17, 15) is 4.79 Å². The fraction of sp³-hybridized carbons (Fsp3) is 0.200. The van der Waals surface area contributed by atoms with Gasteiger partial charge in [0, 0.05) is 5.33 Å². The monoisotopic (exact) mass is 253 g/mol. The highest BCUT2D eigenvalue weighted by Gasteiger charge is 2.13. The summed E-state index contributed by atoms with van der Waals surface area (Å²) in [4.78, 5) is 10.9. The number of rotatable bonds is 2. The summed E-state index contributed by atoms with van der Waals surface area (Å²) < 4.78 is 0. The van der Waals surface area contributed by atoms with Crippen LogP contribution < -0.4 is 0 Å². The number of carboxylic acid groups (broad SMARTS) is 1. The van der Waals surface area contributed by atoms with E-state index in [4.69, 9.17) is 10.4 Å². The van der Waals surface area contributed by atoms with Crippen molar-refractivity contribution >= 4 is 21.9 Å². The number of aromatic carboxylic acids is 1. The summed E-state index contributed by atoms with van der Waals surface area (Å²) in [5, 5.41) is 18.1. The molecule has 1 aromatic carbocycles. The smallest absolute Gasteiger partial charge is 0.336 e. The predicted octanol–water partition coefficient (Wildman–Crippen LogP) is 2.46. The van der Waals surface area contributed by atoms with Gasteiger partial charge < -0.3 is 5.11 Å². The van der Waals surface area contributed by atoms with Crippen LogP contribution in [0.15, 0.2) is 12.1 Å². The van der Waals surface area contributed by atoms with Crippen LogP contribution in [0, 0.1) is 18.3 Å². The molecule has 0 unspecified atom stereocenters. The molecule has 0 atom stereocenters. The van der Waals surface area contributed by atoms with Gasteiger partial charge in [-0.2, -0.15) is 5.26 Å². The number of benzene rings is 1. The average Bonchev–Trinajstić information content (AvgIpc) is 2.16. The first kappa shape index (κ1) is 10.7. The summed E-state index contributed by atoms with van der Waals surface area (Å²) in [6.07, 6.45) is 0. The van der Waals surface area contributed by atoms with Crippen molar-refractivity contribution < 1.29 is 9.90 Å². The predicted molar refractivity (Wildman–Crippen MR) is 55.5 cm³/mol. The van der Waals surface area contributed by atoms with E-state index >= 15 is 0 Å². The maximum absolute atomic E-state index is 10.9. The molecule has 0 heterocycles. The zero-order valence-electron chi connectivity index (χ0n) is 7.54. The molecule has 3 nitrogen and oxygen atoms in total. The molecule has 72 valence electrons. The van der Waals surface area contributed by atoms with Crippen LogP contribution in [-0.4, -0.2) is 11.1 Å². The van der Waals surface area contributed by atoms with Gasteiger partial charge in [0.15, 0.2) is 0 Å². The van der Waals surface area contributed by atoms with Gasteiger partial charge in [-0.1, -0.05) is 15.9 Å². The van der Waals surface area contributed by atoms with E-state index in [1.54, 1.807) is 19.1 Å². The fourth-order valence-corrected chi connectivity index (χ4v) is 1.85. The van der Waals surface area contributed by atoms with E-state index in [0.717, 1.165) is 5.56 Å². The quantitative estimate of drug-likeness (QED) is 0.824. The number of alkyl halides is 1. The van der Waals surface area contributed by atoms with Crippen molar-refractivity contribution in [1.82, 2.24) is 0 Å². The Morgan fingerprint density at radius 1 is 1.64 bits per heavy atom. The van der Waals surface area contributed by atoms with Crippen molar-refractivity contribution in [2.75, 3.05) is 0 Å². The van der Waals surface area contributed by atoms with Crippen LogP contribution >= 0.6 is 15.9 Å². The molecule has 0 spiro atoms. The van der Waals surface area contributed by atoms with Crippen molar-refractivity contribution in [1.29, 1.82) is 5.26 Å². The Hall–Kier alpha value is -1.34. The molecule has 0 radical (unpaired) electrons. The second kappa shape index (κ2) is 4.25. The molecule has 1 aromatic rings. The van der Waals surface area contributed by atoms with E-state index in [-0.39, 0.29) is 5.56 Å². The van der Waals surface area contributed by atoms with E-state index in [1.807, 2.05) is 6.07 Å². The maximum Gasteiger partial charge on any atom is 0.336 e. The zero-order valence-corrected chi connectivity index (χ0v) is 9.13. The lowest BCUT2D eigenvalue weighted by Crippen LogP contribution is -2.04. The molecule has 0 aliphatic carbocycles. The summed E-state index contributed by atoms with van der Waals surface area (Å²) in [5.41, 5.74) is 1.92. The normalized spacial score (nSPS) is 9.50. The highest BCUT2D eigenvalue weighted by molar-refractivity contribution is 9.08. The Balaban J connectivity index is 3.49. The molecule has 4 heteroatoms. The topological polar surface area (TPSA) is 61.1 Å². The molecule has 0 aliphatic rings. The number of nitrogens with zero attached hydrogens (tertiary/aromatic N) is 1. The van der Waals surface area contributed by atoms with Crippen LogP contribution in [0.3, 0.4) is 0 Å². The Morgan fingerprint density at radius 2 is 2.29 bits per heavy atom. The van der Waals surface area contributed by atoms with Crippen molar-refractivity contribution in [3.8, 4) is 6.07 Å². The minimum absolute atomic E-state index is 0.193. The highest BCUT2D eigenvalue weighted by Crippen LogP contribution is 2.19. The van der Waals surface area contributed by atoms with Crippen molar-refractivity contribution in [2.24, 2.45) is 0 Å². The third kappa shape index (κ3) is 1.94. The van der Waals surface area contributed by atoms with Gasteiger partial charge in [-0.3, -0.25) is 0 Å². The number of aryl methyl sites for hydroxylation is 1. The van der Waals surface area contributed by atoms with Gasteiger partial charge in [0.1, 0.15) is 0 Å². The van der Waals surface area contributed by atoms with Crippen molar-refractivity contribution in [3.05, 3.63) is 34.4 Å². The number of hydrogen-bond acceptors (Lipinski definition) is 2. The minimum atomic E-state index is -1.00. The van der Waals surface area contributed by atoms with E-state index in [1.165, 1.54) is 0 Å². The number of carboxylic acids is 1. The fourth-order valence-electron chi connectivity index (χ4n) is 1.25. The molecule has 1 N–H and O–H groups in total. The average molecular weight is 254 g/mol. The molecule has 0 saturated carbocycles. The summed E-state index contributed by atoms with van der Waals surface area (Å²) in [5.74, 6) is -1.00. The molecule has 1 rings (SSSR count). The van der Waals surface area contributed by atoms with Crippen LogP contribution in [0.5, 0.6) is 0 Å². The van der Waals surface area contributed by atoms with E-state index in [0.29, 0.717) is 16.5 Å². The first-order valence-corrected chi connectivity index (χ1v) is 5.05. The van der Waals surface area contributed by atoms with Gasteiger partial charge in [-0.25, -0.2) is 4.79 Å². The van der Waals surface area contributed by atoms with E-state index in [2.05, 4.69) is 15.9 Å². The summed E-state index contributed by atoms with van der Waals surface area (Å²) in [6, 6.07) is 5.24. The second-order valence-corrected chi connectivity index (χ2v) is 3.45. The lowest BCUT2D eigenvalue weighted by molar-refractivity contribution is 0.0696. The number of hydrogen-bond donors (Lipinski definition) is 1. The lowest BCUT2D eigenvalue weighted by Gasteiger charge is -2.06. The molecule has 0 fully saturated rings. The first-order valence-electron chi connectivity index (χ1n) is 3.93.